The number of rotatable bonds is 4. The summed E-state index contributed by atoms with van der Waals surface area (Å²) in [7, 11) is 0. The molecule has 0 spiro atoms. The number of likely N-dealkylation sites (tertiary alicyclic amines) is 1. The van der Waals surface area contributed by atoms with E-state index in [2.05, 4.69) is 0 Å². The van der Waals surface area contributed by atoms with Crippen molar-refractivity contribution >= 4 is 0 Å². The third kappa shape index (κ3) is 2.69. The number of halogens is 1. The van der Waals surface area contributed by atoms with Gasteiger partial charge in [0.1, 0.15) is 5.82 Å². The van der Waals surface area contributed by atoms with Crippen LogP contribution in [-0.4, -0.2) is 28.7 Å². The highest BCUT2D eigenvalue weighted by molar-refractivity contribution is 5.33. The quantitative estimate of drug-likeness (QED) is 0.887. The number of nitrogens with zero attached hydrogens (tertiary/aromatic N) is 2. The van der Waals surface area contributed by atoms with Crippen molar-refractivity contribution in [2.75, 3.05) is 13.1 Å². The molecule has 4 heteroatoms. The first-order valence-electron chi connectivity index (χ1n) is 6.19. The first kappa shape index (κ1) is 13.0. The molecule has 1 fully saturated rings. The predicted molar refractivity (Wildman–Crippen MR) is 66.2 cm³/mol. The van der Waals surface area contributed by atoms with Gasteiger partial charge in [-0.2, -0.15) is 5.26 Å². The fourth-order valence-corrected chi connectivity index (χ4v) is 2.53. The molecular weight excluding hydrogens is 231 g/mol. The number of β-amino-alcohol motifs (C(OH)–C–C–N with tert-alkyl or cyclic N) is 1. The Balaban J connectivity index is 1.98. The Morgan fingerprint density at radius 3 is 2.83 bits per heavy atom. The summed E-state index contributed by atoms with van der Waals surface area (Å²) >= 11 is 0. The molecular formula is C14H17FN2O. The lowest BCUT2D eigenvalue weighted by atomic mass is 9.89. The predicted octanol–water partition coefficient (Wildman–Crippen LogP) is 2.04. The molecule has 0 radical (unpaired) electrons. The first-order valence-corrected chi connectivity index (χ1v) is 6.19. The van der Waals surface area contributed by atoms with Crippen molar-refractivity contribution in [1.82, 2.24) is 4.90 Å². The van der Waals surface area contributed by atoms with Gasteiger partial charge >= 0.3 is 0 Å². The van der Waals surface area contributed by atoms with Crippen molar-refractivity contribution in [3.63, 3.8) is 0 Å². The second-order valence-electron chi connectivity index (χ2n) is 5.04. The summed E-state index contributed by atoms with van der Waals surface area (Å²) in [5.74, 6) is -0.292. The van der Waals surface area contributed by atoms with Gasteiger partial charge in [-0.1, -0.05) is 13.3 Å². The van der Waals surface area contributed by atoms with Gasteiger partial charge in [0.25, 0.3) is 0 Å². The Kier molecular flexibility index (Phi) is 3.65. The summed E-state index contributed by atoms with van der Waals surface area (Å²) in [6, 6.07) is 6.38. The molecule has 0 unspecified atom stereocenters. The van der Waals surface area contributed by atoms with Crippen LogP contribution in [0.25, 0.3) is 0 Å². The van der Waals surface area contributed by atoms with E-state index < -0.39 is 5.60 Å². The van der Waals surface area contributed by atoms with E-state index in [1.807, 2.05) is 17.9 Å². The third-order valence-corrected chi connectivity index (χ3v) is 3.32. The number of aliphatic hydroxyl groups is 1. The van der Waals surface area contributed by atoms with Crippen LogP contribution in [0.3, 0.4) is 0 Å². The van der Waals surface area contributed by atoms with Gasteiger partial charge in [-0.15, -0.1) is 0 Å². The van der Waals surface area contributed by atoms with Crippen LogP contribution in [0.2, 0.25) is 0 Å². The lowest BCUT2D eigenvalue weighted by Crippen LogP contribution is -2.61. The molecule has 0 saturated carbocycles. The molecule has 0 aliphatic carbocycles. The van der Waals surface area contributed by atoms with Crippen LogP contribution < -0.4 is 0 Å². The van der Waals surface area contributed by atoms with Crippen molar-refractivity contribution in [2.24, 2.45) is 0 Å². The van der Waals surface area contributed by atoms with Crippen LogP contribution in [0.4, 0.5) is 4.39 Å². The van der Waals surface area contributed by atoms with Crippen LogP contribution in [0.5, 0.6) is 0 Å². The maximum atomic E-state index is 13.6. The number of nitriles is 1. The molecule has 1 heterocycles. The zero-order chi connectivity index (χ0) is 13.2. The largest absolute Gasteiger partial charge is 0.387 e. The van der Waals surface area contributed by atoms with E-state index >= 15 is 0 Å². The standard InChI is InChI=1S/C14H17FN2O/c1-2-5-14(18)9-17(10-14)8-12-6-11(7-16)3-4-13(12)15/h3-4,6,18H,2,5,8-10H2,1H3. The van der Waals surface area contributed by atoms with Crippen LogP contribution in [0.15, 0.2) is 18.2 Å². The Hall–Kier alpha value is -1.44. The highest BCUT2D eigenvalue weighted by atomic mass is 19.1. The van der Waals surface area contributed by atoms with Gasteiger partial charge in [-0.3, -0.25) is 4.90 Å². The van der Waals surface area contributed by atoms with Crippen molar-refractivity contribution < 1.29 is 9.50 Å². The van der Waals surface area contributed by atoms with Gasteiger partial charge in [0, 0.05) is 25.2 Å². The monoisotopic (exact) mass is 248 g/mol. The van der Waals surface area contributed by atoms with Gasteiger partial charge in [0.2, 0.25) is 0 Å². The maximum Gasteiger partial charge on any atom is 0.127 e. The molecule has 1 aromatic rings. The minimum atomic E-state index is -0.599. The first-order chi connectivity index (χ1) is 8.56. The van der Waals surface area contributed by atoms with E-state index in [1.54, 1.807) is 6.07 Å². The van der Waals surface area contributed by atoms with Crippen LogP contribution >= 0.6 is 0 Å². The summed E-state index contributed by atoms with van der Waals surface area (Å²) < 4.78 is 13.6. The fraction of sp³-hybridized carbons (Fsp3) is 0.500. The second kappa shape index (κ2) is 5.05. The summed E-state index contributed by atoms with van der Waals surface area (Å²) in [6.07, 6.45) is 1.73. The Labute approximate surface area is 106 Å². The van der Waals surface area contributed by atoms with Crippen LogP contribution in [0.1, 0.15) is 30.9 Å². The van der Waals surface area contributed by atoms with Crippen molar-refractivity contribution in [1.29, 1.82) is 5.26 Å². The molecule has 1 saturated heterocycles. The smallest absolute Gasteiger partial charge is 0.127 e. The fourth-order valence-electron chi connectivity index (χ4n) is 2.53. The lowest BCUT2D eigenvalue weighted by Gasteiger charge is -2.46. The molecule has 1 N–H and O–H groups in total. The molecule has 0 bridgehead atoms. The molecule has 96 valence electrons. The minimum Gasteiger partial charge on any atom is -0.387 e. The van der Waals surface area contributed by atoms with E-state index in [4.69, 9.17) is 5.26 Å². The topological polar surface area (TPSA) is 47.3 Å². The molecule has 1 aromatic carbocycles. The third-order valence-electron chi connectivity index (χ3n) is 3.32. The Morgan fingerprint density at radius 2 is 2.22 bits per heavy atom. The van der Waals surface area contributed by atoms with Gasteiger partial charge < -0.3 is 5.11 Å². The van der Waals surface area contributed by atoms with E-state index in [9.17, 15) is 9.50 Å². The average Bonchev–Trinajstić information content (AvgIpc) is 2.30. The second-order valence-corrected chi connectivity index (χ2v) is 5.04. The molecule has 2 rings (SSSR count). The summed E-state index contributed by atoms with van der Waals surface area (Å²) in [5, 5.41) is 18.8. The van der Waals surface area contributed by atoms with E-state index in [1.165, 1.54) is 12.1 Å². The molecule has 0 amide bonds. The molecule has 1 aliphatic heterocycles. The highest BCUT2D eigenvalue weighted by Crippen LogP contribution is 2.27. The molecule has 1 aliphatic rings. The van der Waals surface area contributed by atoms with Crippen LogP contribution in [0, 0.1) is 17.1 Å². The zero-order valence-electron chi connectivity index (χ0n) is 10.5. The summed E-state index contributed by atoms with van der Waals surface area (Å²) in [6.45, 7) is 3.65. The molecule has 0 aromatic heterocycles. The molecule has 3 nitrogen and oxygen atoms in total. The minimum absolute atomic E-state index is 0.292. The molecule has 0 atom stereocenters. The Morgan fingerprint density at radius 1 is 1.50 bits per heavy atom. The average molecular weight is 248 g/mol. The summed E-state index contributed by atoms with van der Waals surface area (Å²) in [4.78, 5) is 2.00. The molecule has 18 heavy (non-hydrogen) atoms. The van der Waals surface area contributed by atoms with Crippen LogP contribution in [-0.2, 0) is 6.54 Å². The van der Waals surface area contributed by atoms with Crippen molar-refractivity contribution in [2.45, 2.75) is 31.9 Å². The van der Waals surface area contributed by atoms with E-state index in [-0.39, 0.29) is 5.82 Å². The Bertz CT molecular complexity index is 475. The van der Waals surface area contributed by atoms with Gasteiger partial charge in [-0.05, 0) is 24.6 Å². The van der Waals surface area contributed by atoms with Crippen molar-refractivity contribution in [3.05, 3.63) is 35.1 Å². The number of benzene rings is 1. The number of hydrogen-bond donors (Lipinski definition) is 1. The number of hydrogen-bond acceptors (Lipinski definition) is 3. The van der Waals surface area contributed by atoms with Gasteiger partial charge in [0.05, 0.1) is 17.2 Å². The normalized spacial score (nSPS) is 18.1. The zero-order valence-corrected chi connectivity index (χ0v) is 10.5. The highest BCUT2D eigenvalue weighted by Gasteiger charge is 2.39. The summed E-state index contributed by atoms with van der Waals surface area (Å²) in [5.41, 5.74) is 0.390. The maximum absolute atomic E-state index is 13.6. The van der Waals surface area contributed by atoms with Crippen molar-refractivity contribution in [3.8, 4) is 6.07 Å². The van der Waals surface area contributed by atoms with Gasteiger partial charge in [-0.25, -0.2) is 4.39 Å². The van der Waals surface area contributed by atoms with E-state index in [0.717, 1.165) is 12.8 Å². The SMILES string of the molecule is CCCC1(O)CN(Cc2cc(C#N)ccc2F)C1. The van der Waals surface area contributed by atoms with Gasteiger partial charge in [0.15, 0.2) is 0 Å². The lowest BCUT2D eigenvalue weighted by molar-refractivity contribution is -0.107. The van der Waals surface area contributed by atoms with E-state index in [0.29, 0.717) is 30.8 Å².